The number of methoxy groups -OCH3 is 1. The van der Waals surface area contributed by atoms with Gasteiger partial charge in [-0.05, 0) is 29.8 Å². The molecule has 2 aromatic rings. The van der Waals surface area contributed by atoms with Gasteiger partial charge in [0.05, 0.1) is 17.7 Å². The van der Waals surface area contributed by atoms with Crippen LogP contribution in [0.4, 0.5) is 0 Å². The molecule has 0 aromatic heterocycles. The van der Waals surface area contributed by atoms with E-state index in [-0.39, 0.29) is 17.4 Å². The van der Waals surface area contributed by atoms with E-state index in [0.717, 1.165) is 11.3 Å². The number of benzene rings is 2. The van der Waals surface area contributed by atoms with Gasteiger partial charge >= 0.3 is 5.97 Å². The Bertz CT molecular complexity index is 821. The van der Waals surface area contributed by atoms with Crippen molar-refractivity contribution in [3.05, 3.63) is 52.5 Å². The molecule has 0 fully saturated rings. The zero-order chi connectivity index (χ0) is 18.5. The second-order valence-corrected chi connectivity index (χ2v) is 5.80. The Hall–Kier alpha value is -2.93. The Labute approximate surface area is 154 Å². The highest BCUT2D eigenvalue weighted by atomic mass is 35.5. The molecule has 26 heavy (non-hydrogen) atoms. The number of esters is 1. The van der Waals surface area contributed by atoms with Gasteiger partial charge in [0.1, 0.15) is 5.75 Å². The van der Waals surface area contributed by atoms with Crippen LogP contribution in [0.15, 0.2) is 36.4 Å². The molecule has 1 aliphatic heterocycles. The van der Waals surface area contributed by atoms with E-state index in [1.54, 1.807) is 19.2 Å². The van der Waals surface area contributed by atoms with Gasteiger partial charge in [0.15, 0.2) is 18.1 Å². The Morgan fingerprint density at radius 1 is 1.19 bits per heavy atom. The molecule has 136 valence electrons. The monoisotopic (exact) mass is 377 g/mol. The van der Waals surface area contributed by atoms with Crippen LogP contribution in [0.25, 0.3) is 0 Å². The number of hydrogen-bond donors (Lipinski definition) is 1. The van der Waals surface area contributed by atoms with E-state index < -0.39 is 18.5 Å². The van der Waals surface area contributed by atoms with Crippen molar-refractivity contribution < 1.29 is 28.5 Å². The van der Waals surface area contributed by atoms with Crippen molar-refractivity contribution in [1.82, 2.24) is 5.32 Å². The van der Waals surface area contributed by atoms with Crippen LogP contribution in [0.2, 0.25) is 5.02 Å². The summed E-state index contributed by atoms with van der Waals surface area (Å²) in [7, 11) is 1.58. The summed E-state index contributed by atoms with van der Waals surface area (Å²) in [5.41, 5.74) is 1.08. The highest BCUT2D eigenvalue weighted by Crippen LogP contribution is 2.39. The van der Waals surface area contributed by atoms with E-state index in [1.807, 2.05) is 12.1 Å². The third kappa shape index (κ3) is 4.18. The van der Waals surface area contributed by atoms with Crippen LogP contribution in [-0.4, -0.2) is 32.4 Å². The summed E-state index contributed by atoms with van der Waals surface area (Å²) in [5, 5.41) is 2.91. The van der Waals surface area contributed by atoms with Crippen LogP contribution in [0, 0.1) is 0 Å². The molecule has 3 rings (SSSR count). The van der Waals surface area contributed by atoms with Gasteiger partial charge in [0, 0.05) is 6.54 Å². The maximum atomic E-state index is 12.1. The Kier molecular flexibility index (Phi) is 5.48. The van der Waals surface area contributed by atoms with Crippen LogP contribution in [0.3, 0.4) is 0 Å². The van der Waals surface area contributed by atoms with Gasteiger partial charge in [-0.1, -0.05) is 23.7 Å². The molecule has 7 nitrogen and oxygen atoms in total. The molecule has 2 aromatic carbocycles. The van der Waals surface area contributed by atoms with Crippen molar-refractivity contribution in [3.8, 4) is 17.2 Å². The maximum Gasteiger partial charge on any atom is 0.338 e. The van der Waals surface area contributed by atoms with E-state index in [0.29, 0.717) is 18.0 Å². The summed E-state index contributed by atoms with van der Waals surface area (Å²) in [6.07, 6.45) is 0. The number of ether oxygens (including phenoxy) is 4. The highest BCUT2D eigenvalue weighted by molar-refractivity contribution is 6.32. The van der Waals surface area contributed by atoms with Gasteiger partial charge in [-0.25, -0.2) is 4.79 Å². The van der Waals surface area contributed by atoms with Gasteiger partial charge in [-0.2, -0.15) is 0 Å². The fourth-order valence-electron chi connectivity index (χ4n) is 2.29. The predicted octanol–water partition coefficient (Wildman–Crippen LogP) is 2.55. The molecule has 1 N–H and O–H groups in total. The molecule has 0 saturated heterocycles. The maximum absolute atomic E-state index is 12.1. The summed E-state index contributed by atoms with van der Waals surface area (Å²) < 4.78 is 20.4. The number of rotatable bonds is 6. The van der Waals surface area contributed by atoms with Gasteiger partial charge in [0.25, 0.3) is 5.91 Å². The minimum atomic E-state index is -0.676. The van der Waals surface area contributed by atoms with Crippen LogP contribution in [0.1, 0.15) is 15.9 Å². The van der Waals surface area contributed by atoms with Crippen molar-refractivity contribution in [2.45, 2.75) is 6.54 Å². The fraction of sp³-hybridized carbons (Fsp3) is 0.222. The van der Waals surface area contributed by atoms with Crippen molar-refractivity contribution in [1.29, 1.82) is 0 Å². The van der Waals surface area contributed by atoms with Crippen LogP contribution < -0.4 is 19.5 Å². The van der Waals surface area contributed by atoms with Crippen molar-refractivity contribution in [2.75, 3.05) is 20.5 Å². The number of carbonyl (C=O) groups excluding carboxylic acids is 2. The molecule has 1 aliphatic rings. The SMILES string of the molecule is COc1ccc(CNC(=O)COC(=O)c2cc(Cl)c3c(c2)OCO3)cc1. The summed E-state index contributed by atoms with van der Waals surface area (Å²) in [5.74, 6) is 0.399. The summed E-state index contributed by atoms with van der Waals surface area (Å²) in [4.78, 5) is 23.9. The third-order valence-corrected chi connectivity index (χ3v) is 3.93. The van der Waals surface area contributed by atoms with Crippen LogP contribution in [-0.2, 0) is 16.1 Å². The molecule has 1 heterocycles. The third-order valence-electron chi connectivity index (χ3n) is 3.65. The lowest BCUT2D eigenvalue weighted by molar-refractivity contribution is -0.124. The number of carbonyl (C=O) groups is 2. The number of nitrogens with one attached hydrogen (secondary N) is 1. The normalized spacial score (nSPS) is 11.8. The molecular formula is C18H16ClNO6. The van der Waals surface area contributed by atoms with Crippen LogP contribution >= 0.6 is 11.6 Å². The standard InChI is InChI=1S/C18H16ClNO6/c1-23-13-4-2-11(3-5-13)8-20-16(21)9-24-18(22)12-6-14(19)17-15(7-12)25-10-26-17/h2-7H,8-10H2,1H3,(H,20,21). The first-order valence-electron chi connectivity index (χ1n) is 7.72. The van der Waals surface area contributed by atoms with Crippen molar-refractivity contribution >= 4 is 23.5 Å². The zero-order valence-corrected chi connectivity index (χ0v) is 14.7. The molecule has 8 heteroatoms. The molecule has 0 bridgehead atoms. The summed E-state index contributed by atoms with van der Waals surface area (Å²) in [6, 6.07) is 10.1. The summed E-state index contributed by atoms with van der Waals surface area (Å²) >= 11 is 6.02. The fourth-order valence-corrected chi connectivity index (χ4v) is 2.56. The molecular weight excluding hydrogens is 362 g/mol. The van der Waals surface area contributed by atoms with Gasteiger partial charge in [-0.15, -0.1) is 0 Å². The lowest BCUT2D eigenvalue weighted by Crippen LogP contribution is -2.28. The molecule has 1 amide bonds. The Balaban J connectivity index is 1.49. The zero-order valence-electron chi connectivity index (χ0n) is 13.9. The van der Waals surface area contributed by atoms with Crippen molar-refractivity contribution in [3.63, 3.8) is 0 Å². The van der Waals surface area contributed by atoms with Crippen LogP contribution in [0.5, 0.6) is 17.2 Å². The van der Waals surface area contributed by atoms with Gasteiger partial charge in [0.2, 0.25) is 6.79 Å². The van der Waals surface area contributed by atoms with Gasteiger partial charge < -0.3 is 24.3 Å². The van der Waals surface area contributed by atoms with E-state index in [4.69, 9.17) is 30.5 Å². The average molecular weight is 378 g/mol. The number of fused-ring (bicyclic) bond motifs is 1. The molecule has 0 saturated carbocycles. The van der Waals surface area contributed by atoms with E-state index in [9.17, 15) is 9.59 Å². The number of hydrogen-bond acceptors (Lipinski definition) is 6. The molecule has 0 unspecified atom stereocenters. The minimum Gasteiger partial charge on any atom is -0.497 e. The highest BCUT2D eigenvalue weighted by Gasteiger charge is 2.21. The topological polar surface area (TPSA) is 83.1 Å². The first-order valence-corrected chi connectivity index (χ1v) is 8.10. The average Bonchev–Trinajstić information content (AvgIpc) is 3.14. The van der Waals surface area contributed by atoms with E-state index in [2.05, 4.69) is 5.32 Å². The molecule has 0 radical (unpaired) electrons. The number of amides is 1. The van der Waals surface area contributed by atoms with E-state index >= 15 is 0 Å². The van der Waals surface area contributed by atoms with E-state index in [1.165, 1.54) is 12.1 Å². The summed E-state index contributed by atoms with van der Waals surface area (Å²) in [6.45, 7) is -0.0431. The van der Waals surface area contributed by atoms with Gasteiger partial charge in [-0.3, -0.25) is 4.79 Å². The minimum absolute atomic E-state index is 0.0430. The first kappa shape index (κ1) is 17.9. The number of halogens is 1. The molecule has 0 atom stereocenters. The lowest BCUT2D eigenvalue weighted by atomic mass is 10.2. The predicted molar refractivity (Wildman–Crippen MR) is 92.7 cm³/mol. The first-order chi connectivity index (χ1) is 12.6. The smallest absolute Gasteiger partial charge is 0.338 e. The molecule has 0 spiro atoms. The second-order valence-electron chi connectivity index (χ2n) is 5.39. The van der Waals surface area contributed by atoms with Crippen molar-refractivity contribution in [2.24, 2.45) is 0 Å². The second kappa shape index (κ2) is 7.97. The quantitative estimate of drug-likeness (QED) is 0.779. The Morgan fingerprint density at radius 3 is 2.69 bits per heavy atom. The largest absolute Gasteiger partial charge is 0.497 e. The lowest BCUT2D eigenvalue weighted by Gasteiger charge is -2.08. The molecule has 0 aliphatic carbocycles. The Morgan fingerprint density at radius 2 is 1.96 bits per heavy atom.